The van der Waals surface area contributed by atoms with Crippen LogP contribution in [0, 0.1) is 0 Å². The Labute approximate surface area is 159 Å². The van der Waals surface area contributed by atoms with Crippen LogP contribution < -0.4 is 10.6 Å². The third-order valence-electron chi connectivity index (χ3n) is 4.21. The van der Waals surface area contributed by atoms with E-state index in [-0.39, 0.29) is 12.6 Å². The minimum atomic E-state index is -0.0547. The Morgan fingerprint density at radius 3 is 3.04 bits per heavy atom. The van der Waals surface area contributed by atoms with Gasteiger partial charge in [-0.15, -0.1) is 11.3 Å². The van der Waals surface area contributed by atoms with E-state index in [9.17, 15) is 5.11 Å². The van der Waals surface area contributed by atoms with Gasteiger partial charge in [0.15, 0.2) is 11.6 Å². The fraction of sp³-hybridized carbons (Fsp3) is 0.353. The second-order valence-corrected chi connectivity index (χ2v) is 7.61. The quantitative estimate of drug-likeness (QED) is 0.462. The summed E-state index contributed by atoms with van der Waals surface area (Å²) in [5.41, 5.74) is 1.14. The maximum Gasteiger partial charge on any atom is 0.225 e. The summed E-state index contributed by atoms with van der Waals surface area (Å²) >= 11 is 7.86. The van der Waals surface area contributed by atoms with E-state index in [0.29, 0.717) is 34.9 Å². The largest absolute Gasteiger partial charge is 0.396 e. The summed E-state index contributed by atoms with van der Waals surface area (Å²) in [6.07, 6.45) is 4.54. The number of hydrogen-bond donors (Lipinski definition) is 4. The number of H-pyrrole nitrogens is 1. The summed E-state index contributed by atoms with van der Waals surface area (Å²) in [5, 5.41) is 25.5. The molecular weight excluding hydrogens is 372 g/mol. The summed E-state index contributed by atoms with van der Waals surface area (Å²) in [6.45, 7) is 0.0749. The van der Waals surface area contributed by atoms with Crippen LogP contribution in [0.15, 0.2) is 29.8 Å². The molecule has 7 nitrogen and oxygen atoms in total. The van der Waals surface area contributed by atoms with Gasteiger partial charge in [-0.1, -0.05) is 17.7 Å². The van der Waals surface area contributed by atoms with Gasteiger partial charge < -0.3 is 15.7 Å². The van der Waals surface area contributed by atoms with E-state index in [1.165, 1.54) is 12.8 Å². The highest BCUT2D eigenvalue weighted by Gasteiger charge is 2.25. The van der Waals surface area contributed by atoms with Crippen molar-refractivity contribution in [3.63, 3.8) is 0 Å². The minimum Gasteiger partial charge on any atom is -0.396 e. The van der Waals surface area contributed by atoms with Crippen LogP contribution in [0.2, 0.25) is 5.02 Å². The number of halogens is 1. The van der Waals surface area contributed by atoms with Gasteiger partial charge in [0.05, 0.1) is 12.2 Å². The predicted molar refractivity (Wildman–Crippen MR) is 103 cm³/mol. The van der Waals surface area contributed by atoms with Crippen molar-refractivity contribution in [1.29, 1.82) is 0 Å². The first-order valence-electron chi connectivity index (χ1n) is 8.48. The molecule has 3 aromatic heterocycles. The lowest BCUT2D eigenvalue weighted by molar-refractivity contribution is 0.280. The van der Waals surface area contributed by atoms with E-state index >= 15 is 0 Å². The number of thiophene rings is 1. The van der Waals surface area contributed by atoms with Gasteiger partial charge in [-0.05, 0) is 30.7 Å². The van der Waals surface area contributed by atoms with Crippen molar-refractivity contribution in [2.45, 2.75) is 31.2 Å². The smallest absolute Gasteiger partial charge is 0.225 e. The molecule has 4 rings (SSSR count). The van der Waals surface area contributed by atoms with Crippen molar-refractivity contribution in [1.82, 2.24) is 20.2 Å². The molecule has 4 N–H and O–H groups in total. The Morgan fingerprint density at radius 1 is 1.42 bits per heavy atom. The molecule has 3 aromatic rings. The van der Waals surface area contributed by atoms with E-state index in [0.717, 1.165) is 10.6 Å². The summed E-state index contributed by atoms with van der Waals surface area (Å²) in [6, 6.07) is 5.94. The number of rotatable bonds is 8. The van der Waals surface area contributed by atoms with Crippen LogP contribution in [-0.2, 0) is 0 Å². The number of nitrogens with one attached hydrogen (secondary N) is 3. The van der Waals surface area contributed by atoms with Crippen LogP contribution >= 0.6 is 22.9 Å². The first-order valence-corrected chi connectivity index (χ1v) is 9.74. The standard InChI is InChI=1S/C17H19ClN6OS/c18-11-9-19-17(20-12(5-6-25)14-2-1-7-26-14)22-16(11)21-15-8-13(23-24-15)10-3-4-10/h1-2,7-10,12,25H,3-6H2,(H3,19,20,21,22,23,24). The third kappa shape index (κ3) is 3.98. The van der Waals surface area contributed by atoms with Crippen molar-refractivity contribution in [3.8, 4) is 0 Å². The molecule has 9 heteroatoms. The van der Waals surface area contributed by atoms with Crippen molar-refractivity contribution < 1.29 is 5.11 Å². The summed E-state index contributed by atoms with van der Waals surface area (Å²) in [5.74, 6) is 2.22. The molecule has 0 aromatic carbocycles. The number of aromatic nitrogens is 4. The van der Waals surface area contributed by atoms with Crippen molar-refractivity contribution in [2.24, 2.45) is 0 Å². The lowest BCUT2D eigenvalue weighted by Gasteiger charge is -2.17. The molecule has 1 aliphatic carbocycles. The maximum atomic E-state index is 9.34. The van der Waals surface area contributed by atoms with Crippen molar-refractivity contribution >= 4 is 40.5 Å². The fourth-order valence-electron chi connectivity index (χ4n) is 2.71. The molecule has 1 atom stereocenters. The Hall–Kier alpha value is -2.16. The van der Waals surface area contributed by atoms with E-state index < -0.39 is 0 Å². The number of anilines is 3. The number of aliphatic hydroxyl groups is 1. The monoisotopic (exact) mass is 390 g/mol. The molecule has 0 radical (unpaired) electrons. The van der Waals surface area contributed by atoms with Crippen LogP contribution in [0.5, 0.6) is 0 Å². The molecule has 1 unspecified atom stereocenters. The van der Waals surface area contributed by atoms with Crippen LogP contribution in [0.25, 0.3) is 0 Å². The van der Waals surface area contributed by atoms with Gasteiger partial charge in [-0.25, -0.2) is 4.98 Å². The van der Waals surface area contributed by atoms with Gasteiger partial charge in [-0.3, -0.25) is 5.10 Å². The lowest BCUT2D eigenvalue weighted by Crippen LogP contribution is -2.14. The molecule has 0 aliphatic heterocycles. The highest BCUT2D eigenvalue weighted by molar-refractivity contribution is 7.10. The first kappa shape index (κ1) is 17.3. The topological polar surface area (TPSA) is 98.8 Å². The van der Waals surface area contributed by atoms with Gasteiger partial charge in [0.25, 0.3) is 0 Å². The molecule has 136 valence electrons. The maximum absolute atomic E-state index is 9.34. The molecule has 1 aliphatic rings. The van der Waals surface area contributed by atoms with E-state index in [2.05, 4.69) is 30.8 Å². The molecular formula is C17H19ClN6OS. The molecule has 0 spiro atoms. The van der Waals surface area contributed by atoms with Gasteiger partial charge in [0.2, 0.25) is 5.95 Å². The Kier molecular flexibility index (Phi) is 5.05. The fourth-order valence-corrected chi connectivity index (χ4v) is 3.66. The Morgan fingerprint density at radius 2 is 2.31 bits per heavy atom. The van der Waals surface area contributed by atoms with Crippen LogP contribution in [0.1, 0.15) is 41.8 Å². The molecule has 26 heavy (non-hydrogen) atoms. The summed E-state index contributed by atoms with van der Waals surface area (Å²) < 4.78 is 0. The van der Waals surface area contributed by atoms with Crippen LogP contribution in [0.3, 0.4) is 0 Å². The second kappa shape index (κ2) is 7.61. The van der Waals surface area contributed by atoms with E-state index in [1.54, 1.807) is 17.5 Å². The van der Waals surface area contributed by atoms with Gasteiger partial charge in [0, 0.05) is 29.2 Å². The number of hydrogen-bond acceptors (Lipinski definition) is 7. The zero-order chi connectivity index (χ0) is 17.9. The second-order valence-electron chi connectivity index (χ2n) is 6.22. The van der Waals surface area contributed by atoms with Gasteiger partial charge >= 0.3 is 0 Å². The molecule has 0 bridgehead atoms. The average Bonchev–Trinajstić information content (AvgIpc) is 3.15. The molecule has 1 fully saturated rings. The zero-order valence-corrected chi connectivity index (χ0v) is 15.5. The summed E-state index contributed by atoms with van der Waals surface area (Å²) in [4.78, 5) is 9.85. The SMILES string of the molecule is OCCC(Nc1ncc(Cl)c(Nc2cc(C3CC3)[nH]n2)n1)c1cccs1. The van der Waals surface area contributed by atoms with Crippen LogP contribution in [-0.4, -0.2) is 31.9 Å². The molecule has 1 saturated carbocycles. The highest BCUT2D eigenvalue weighted by atomic mass is 35.5. The van der Waals surface area contributed by atoms with Crippen molar-refractivity contribution in [2.75, 3.05) is 17.2 Å². The van der Waals surface area contributed by atoms with Crippen molar-refractivity contribution in [3.05, 3.63) is 45.4 Å². The number of nitrogens with zero attached hydrogens (tertiary/aromatic N) is 3. The normalized spacial score (nSPS) is 15.0. The third-order valence-corrected chi connectivity index (χ3v) is 5.48. The Balaban J connectivity index is 1.51. The highest BCUT2D eigenvalue weighted by Crippen LogP contribution is 2.39. The molecule has 0 saturated heterocycles. The minimum absolute atomic E-state index is 0.0547. The van der Waals surface area contributed by atoms with Crippen LogP contribution in [0.4, 0.5) is 17.6 Å². The zero-order valence-electron chi connectivity index (χ0n) is 13.9. The number of aromatic amines is 1. The van der Waals surface area contributed by atoms with E-state index in [1.807, 2.05) is 23.6 Å². The van der Waals surface area contributed by atoms with Gasteiger partial charge in [0.1, 0.15) is 5.02 Å². The average molecular weight is 391 g/mol. The summed E-state index contributed by atoms with van der Waals surface area (Å²) in [7, 11) is 0. The molecule has 3 heterocycles. The lowest BCUT2D eigenvalue weighted by atomic mass is 10.2. The number of aliphatic hydroxyl groups excluding tert-OH is 1. The Bertz CT molecular complexity index is 864. The van der Waals surface area contributed by atoms with E-state index in [4.69, 9.17) is 11.6 Å². The molecule has 0 amide bonds. The van der Waals surface area contributed by atoms with Gasteiger partial charge in [-0.2, -0.15) is 10.1 Å². The predicted octanol–water partition coefficient (Wildman–Crippen LogP) is 4.07. The first-order chi connectivity index (χ1) is 12.7.